The number of hydrogen-bond donors (Lipinski definition) is 7. The van der Waals surface area contributed by atoms with Crippen LogP contribution in [-0.2, 0) is 0 Å². The first-order valence-corrected chi connectivity index (χ1v) is 8.37. The Morgan fingerprint density at radius 2 is 1.32 bits per heavy atom. The molecule has 3 atom stereocenters. The Bertz CT molecular complexity index is 259. The summed E-state index contributed by atoms with van der Waals surface area (Å²) in [5.74, 6) is 2.03. The molecule has 4 nitrogen and oxygen atoms in total. The molecular formula is C12H30N4S3. The van der Waals surface area contributed by atoms with E-state index in [9.17, 15) is 0 Å². The Hall–Kier alpha value is 0.890. The van der Waals surface area contributed by atoms with Gasteiger partial charge in [-0.25, -0.2) is 0 Å². The lowest BCUT2D eigenvalue weighted by molar-refractivity contribution is 0.295. The van der Waals surface area contributed by atoms with E-state index in [1.807, 2.05) is 6.92 Å². The number of rotatable bonds is 10. The number of hydrogen-bond acceptors (Lipinski definition) is 7. The quantitative estimate of drug-likeness (QED) is 0.292. The molecular weight excluding hydrogens is 296 g/mol. The largest absolute Gasteiger partial charge is 0.329 e. The van der Waals surface area contributed by atoms with Crippen LogP contribution in [0.15, 0.2) is 0 Å². The molecule has 0 rings (SSSR count). The average molecular weight is 327 g/mol. The van der Waals surface area contributed by atoms with Crippen molar-refractivity contribution in [3.05, 3.63) is 0 Å². The Kier molecular flexibility index (Phi) is 8.75. The van der Waals surface area contributed by atoms with Gasteiger partial charge in [0.05, 0.1) is 0 Å². The zero-order valence-electron chi connectivity index (χ0n) is 12.2. The van der Waals surface area contributed by atoms with Crippen molar-refractivity contribution in [1.82, 2.24) is 10.6 Å². The summed E-state index contributed by atoms with van der Waals surface area (Å²) < 4.78 is 0. The van der Waals surface area contributed by atoms with Crippen molar-refractivity contribution in [3.8, 4) is 0 Å². The molecule has 0 aromatic heterocycles. The molecule has 0 bridgehead atoms. The second-order valence-electron chi connectivity index (χ2n) is 6.16. The monoisotopic (exact) mass is 326 g/mol. The third-order valence-corrected chi connectivity index (χ3v) is 5.45. The molecule has 0 aromatic carbocycles. The number of nitrogens with one attached hydrogen (secondary N) is 2. The van der Waals surface area contributed by atoms with Gasteiger partial charge in [0.25, 0.3) is 0 Å². The summed E-state index contributed by atoms with van der Waals surface area (Å²) in [5.41, 5.74) is 11.2. The lowest BCUT2D eigenvalue weighted by atomic mass is 9.98. The molecule has 19 heavy (non-hydrogen) atoms. The van der Waals surface area contributed by atoms with Crippen LogP contribution < -0.4 is 22.1 Å². The maximum absolute atomic E-state index is 6.10. The van der Waals surface area contributed by atoms with Crippen molar-refractivity contribution in [3.63, 3.8) is 0 Å². The van der Waals surface area contributed by atoms with Crippen LogP contribution in [0.3, 0.4) is 0 Å². The highest BCUT2D eigenvalue weighted by Gasteiger charge is 2.29. The molecule has 0 saturated carbocycles. The third-order valence-electron chi connectivity index (χ3n) is 3.33. The van der Waals surface area contributed by atoms with Crippen molar-refractivity contribution in [2.75, 3.05) is 36.9 Å². The Morgan fingerprint density at radius 3 is 1.68 bits per heavy atom. The lowest BCUT2D eigenvalue weighted by Crippen LogP contribution is -2.62. The third kappa shape index (κ3) is 7.45. The van der Waals surface area contributed by atoms with Crippen molar-refractivity contribution in [2.24, 2.45) is 11.5 Å². The fourth-order valence-electron chi connectivity index (χ4n) is 1.25. The smallest absolute Gasteiger partial charge is 0.0367 e. The molecule has 0 saturated heterocycles. The average Bonchev–Trinajstić information content (AvgIpc) is 2.42. The molecule has 0 aromatic rings. The molecule has 116 valence electrons. The van der Waals surface area contributed by atoms with Gasteiger partial charge in [0, 0.05) is 53.5 Å². The molecule has 0 aliphatic rings. The van der Waals surface area contributed by atoms with Crippen LogP contribution in [0.2, 0.25) is 0 Å². The van der Waals surface area contributed by atoms with Crippen LogP contribution in [0.25, 0.3) is 0 Å². The second-order valence-corrected chi connectivity index (χ2v) is 7.11. The van der Waals surface area contributed by atoms with Crippen LogP contribution in [0.1, 0.15) is 20.8 Å². The van der Waals surface area contributed by atoms with Gasteiger partial charge in [0.15, 0.2) is 0 Å². The summed E-state index contributed by atoms with van der Waals surface area (Å²) in [6.07, 6.45) is 0. The maximum Gasteiger partial charge on any atom is 0.0367 e. The van der Waals surface area contributed by atoms with Gasteiger partial charge in [0.1, 0.15) is 0 Å². The first-order chi connectivity index (χ1) is 8.66. The topological polar surface area (TPSA) is 76.1 Å². The SMILES string of the molecule is CC(N)(CS)CN[C@@](C)(CS)CN[C@@](C)(CN)CS. The van der Waals surface area contributed by atoms with Crippen LogP contribution in [0, 0.1) is 0 Å². The Labute approximate surface area is 134 Å². The van der Waals surface area contributed by atoms with Gasteiger partial charge in [-0.15, -0.1) is 0 Å². The molecule has 6 N–H and O–H groups in total. The van der Waals surface area contributed by atoms with E-state index < -0.39 is 0 Å². The zero-order valence-corrected chi connectivity index (χ0v) is 14.9. The fourth-order valence-corrected chi connectivity index (χ4v) is 1.82. The fraction of sp³-hybridized carbons (Fsp3) is 1.00. The molecule has 0 spiro atoms. The minimum atomic E-state index is -0.325. The molecule has 7 heteroatoms. The van der Waals surface area contributed by atoms with Crippen LogP contribution in [-0.4, -0.2) is 53.5 Å². The molecule has 0 fully saturated rings. The summed E-state index contributed by atoms with van der Waals surface area (Å²) in [6, 6.07) is 0. The maximum atomic E-state index is 6.10. The highest BCUT2D eigenvalue weighted by Crippen LogP contribution is 2.11. The van der Waals surface area contributed by atoms with Crippen LogP contribution in [0.5, 0.6) is 0 Å². The molecule has 0 aliphatic heterocycles. The molecule has 0 aliphatic carbocycles. The first-order valence-electron chi connectivity index (χ1n) is 6.47. The van der Waals surface area contributed by atoms with Gasteiger partial charge in [0.2, 0.25) is 0 Å². The highest BCUT2D eigenvalue weighted by atomic mass is 32.1. The molecule has 1 unspecified atom stereocenters. The van der Waals surface area contributed by atoms with E-state index in [-0.39, 0.29) is 16.6 Å². The van der Waals surface area contributed by atoms with Gasteiger partial charge in [-0.3, -0.25) is 0 Å². The van der Waals surface area contributed by atoms with E-state index >= 15 is 0 Å². The van der Waals surface area contributed by atoms with Gasteiger partial charge < -0.3 is 22.1 Å². The van der Waals surface area contributed by atoms with Crippen molar-refractivity contribution >= 4 is 37.9 Å². The van der Waals surface area contributed by atoms with E-state index in [4.69, 9.17) is 11.5 Å². The van der Waals surface area contributed by atoms with Crippen LogP contribution >= 0.6 is 37.9 Å². The molecule has 0 amide bonds. The summed E-state index contributed by atoms with van der Waals surface area (Å²) in [4.78, 5) is 0. The summed E-state index contributed by atoms with van der Waals surface area (Å²) >= 11 is 13.0. The predicted octanol–water partition coefficient (Wildman–Crippen LogP) is 0.149. The van der Waals surface area contributed by atoms with Crippen molar-refractivity contribution in [1.29, 1.82) is 0 Å². The lowest BCUT2D eigenvalue weighted by Gasteiger charge is -2.37. The highest BCUT2D eigenvalue weighted by molar-refractivity contribution is 7.80. The van der Waals surface area contributed by atoms with Crippen molar-refractivity contribution < 1.29 is 0 Å². The van der Waals surface area contributed by atoms with E-state index in [1.54, 1.807) is 0 Å². The second kappa shape index (κ2) is 8.36. The van der Waals surface area contributed by atoms with E-state index in [0.717, 1.165) is 6.54 Å². The molecule has 0 radical (unpaired) electrons. The number of nitrogens with two attached hydrogens (primary N) is 2. The Balaban J connectivity index is 4.45. The Morgan fingerprint density at radius 1 is 0.842 bits per heavy atom. The standard InChI is InChI=1S/C12H30N4S3/c1-10(14,7-17)5-15-12(3,9-19)6-16-11(2,4-13)8-18/h15-19H,4-9,13-14H2,1-3H3/t10?,11-,12+/m0/s1. The predicted molar refractivity (Wildman–Crippen MR) is 96.0 cm³/mol. The minimum absolute atomic E-state index is 0.147. The van der Waals surface area contributed by atoms with Gasteiger partial charge >= 0.3 is 0 Å². The van der Waals surface area contributed by atoms with E-state index in [1.165, 1.54) is 0 Å². The van der Waals surface area contributed by atoms with Crippen LogP contribution in [0.4, 0.5) is 0 Å². The summed E-state index contributed by atoms with van der Waals surface area (Å²) in [7, 11) is 0. The molecule has 0 heterocycles. The summed E-state index contributed by atoms with van der Waals surface area (Å²) in [6.45, 7) is 8.17. The van der Waals surface area contributed by atoms with Gasteiger partial charge in [-0.1, -0.05) is 0 Å². The van der Waals surface area contributed by atoms with Gasteiger partial charge in [-0.05, 0) is 20.8 Å². The van der Waals surface area contributed by atoms with E-state index in [2.05, 4.69) is 62.4 Å². The first kappa shape index (κ1) is 19.9. The van der Waals surface area contributed by atoms with Crippen molar-refractivity contribution in [2.45, 2.75) is 37.4 Å². The minimum Gasteiger partial charge on any atom is -0.329 e. The normalized spacial score (nSPS) is 21.5. The van der Waals surface area contributed by atoms with Gasteiger partial charge in [-0.2, -0.15) is 37.9 Å². The summed E-state index contributed by atoms with van der Waals surface area (Å²) in [5, 5.41) is 6.95. The number of thiol groups is 3. The zero-order chi connectivity index (χ0) is 15.2. The van der Waals surface area contributed by atoms with E-state index in [0.29, 0.717) is 30.3 Å².